The molecule has 0 unspecified atom stereocenters. The van der Waals surface area contributed by atoms with Crippen LogP contribution in [0, 0.1) is 11.3 Å². The molecule has 2 amide bonds. The first-order chi connectivity index (χ1) is 11.0. The van der Waals surface area contributed by atoms with Crippen LogP contribution < -0.4 is 10.6 Å². The molecule has 2 N–H and O–H groups in total. The van der Waals surface area contributed by atoms with Gasteiger partial charge in [0.1, 0.15) is 0 Å². The Morgan fingerprint density at radius 1 is 1.13 bits per heavy atom. The number of amides is 2. The van der Waals surface area contributed by atoms with Gasteiger partial charge in [0.05, 0.1) is 31.9 Å². The van der Waals surface area contributed by atoms with Gasteiger partial charge in [-0.05, 0) is 36.4 Å². The number of carbonyl (C=O) groups is 1. The number of rotatable bonds is 2. The Kier molecular flexibility index (Phi) is 4.35. The highest BCUT2D eigenvalue weighted by molar-refractivity contribution is 7.22. The maximum absolute atomic E-state index is 12.0. The molecule has 3 aromatic rings. The van der Waals surface area contributed by atoms with Crippen LogP contribution in [0.5, 0.6) is 0 Å². The normalized spacial score (nSPS) is 10.3. The lowest BCUT2D eigenvalue weighted by Crippen LogP contribution is -2.19. The summed E-state index contributed by atoms with van der Waals surface area (Å²) in [5.41, 5.74) is 1.79. The molecule has 0 saturated carbocycles. The number of aromatic nitrogens is 1. The summed E-state index contributed by atoms with van der Waals surface area (Å²) in [5, 5.41) is 15.4. The monoisotopic (exact) mass is 362 g/mol. The number of thiazole rings is 1. The quantitative estimate of drug-likeness (QED) is 0.663. The van der Waals surface area contributed by atoms with Gasteiger partial charge >= 0.3 is 6.03 Å². The van der Waals surface area contributed by atoms with Crippen LogP contribution in [-0.2, 0) is 0 Å². The topological polar surface area (TPSA) is 77.8 Å². The molecule has 2 aromatic carbocycles. The van der Waals surface area contributed by atoms with Crippen molar-refractivity contribution >= 4 is 61.6 Å². The lowest BCUT2D eigenvalue weighted by atomic mass is 10.2. The van der Waals surface area contributed by atoms with Gasteiger partial charge in [-0.3, -0.25) is 5.32 Å². The summed E-state index contributed by atoms with van der Waals surface area (Å²) in [6.45, 7) is 0. The third-order valence-corrected chi connectivity index (χ3v) is 4.59. The Morgan fingerprint density at radius 3 is 2.70 bits per heavy atom. The molecular formula is C15H8Cl2N4OS. The summed E-state index contributed by atoms with van der Waals surface area (Å²) in [7, 11) is 0. The molecule has 1 aromatic heterocycles. The van der Waals surface area contributed by atoms with Gasteiger partial charge < -0.3 is 5.32 Å². The number of benzene rings is 2. The van der Waals surface area contributed by atoms with Gasteiger partial charge in [0.15, 0.2) is 5.13 Å². The Labute approximate surface area is 145 Å². The smallest absolute Gasteiger partial charge is 0.308 e. The van der Waals surface area contributed by atoms with Crippen LogP contribution in [0.4, 0.5) is 15.6 Å². The highest BCUT2D eigenvalue weighted by Crippen LogP contribution is 2.27. The molecule has 114 valence electrons. The van der Waals surface area contributed by atoms with E-state index in [1.165, 1.54) is 11.3 Å². The van der Waals surface area contributed by atoms with Crippen molar-refractivity contribution in [2.24, 2.45) is 0 Å². The maximum Gasteiger partial charge on any atom is 0.325 e. The van der Waals surface area contributed by atoms with Crippen LogP contribution in [0.3, 0.4) is 0 Å². The number of hydrogen-bond donors (Lipinski definition) is 2. The zero-order valence-corrected chi connectivity index (χ0v) is 13.8. The predicted molar refractivity (Wildman–Crippen MR) is 93.4 cm³/mol. The number of nitriles is 1. The first kappa shape index (κ1) is 15.6. The van der Waals surface area contributed by atoms with E-state index in [4.69, 9.17) is 28.5 Å². The Hall–Kier alpha value is -2.33. The second kappa shape index (κ2) is 6.42. The summed E-state index contributed by atoms with van der Waals surface area (Å²) in [6, 6.07) is 11.6. The van der Waals surface area contributed by atoms with E-state index in [9.17, 15) is 4.79 Å². The minimum Gasteiger partial charge on any atom is -0.308 e. The van der Waals surface area contributed by atoms with Crippen molar-refractivity contribution in [3.05, 3.63) is 52.0 Å². The third-order valence-electron chi connectivity index (χ3n) is 2.92. The Balaban J connectivity index is 1.74. The van der Waals surface area contributed by atoms with Gasteiger partial charge in [-0.2, -0.15) is 5.26 Å². The fourth-order valence-corrected chi connectivity index (χ4v) is 3.08. The van der Waals surface area contributed by atoms with Crippen LogP contribution in [0.15, 0.2) is 36.4 Å². The number of nitrogens with one attached hydrogen (secondary N) is 2. The summed E-state index contributed by atoms with van der Waals surface area (Å²) in [6.07, 6.45) is 0. The zero-order chi connectivity index (χ0) is 16.4. The number of carbonyl (C=O) groups excluding carboxylic acids is 1. The lowest BCUT2D eigenvalue weighted by Gasteiger charge is -2.06. The Bertz CT molecular complexity index is 948. The summed E-state index contributed by atoms with van der Waals surface area (Å²) in [5.74, 6) is 0. The van der Waals surface area contributed by atoms with Crippen LogP contribution in [0.1, 0.15) is 5.56 Å². The molecule has 0 fully saturated rings. The maximum atomic E-state index is 12.0. The number of urea groups is 1. The average molecular weight is 363 g/mol. The van der Waals surface area contributed by atoms with Crippen molar-refractivity contribution in [1.82, 2.24) is 4.98 Å². The zero-order valence-electron chi connectivity index (χ0n) is 11.4. The molecule has 8 heteroatoms. The second-order valence-electron chi connectivity index (χ2n) is 4.52. The van der Waals surface area contributed by atoms with E-state index in [-0.39, 0.29) is 0 Å². The molecule has 0 spiro atoms. The molecule has 0 atom stereocenters. The average Bonchev–Trinajstić information content (AvgIpc) is 2.91. The molecule has 0 aliphatic carbocycles. The van der Waals surface area contributed by atoms with Gasteiger partial charge in [0, 0.05) is 5.69 Å². The number of hydrogen-bond acceptors (Lipinski definition) is 4. The molecule has 1 heterocycles. The summed E-state index contributed by atoms with van der Waals surface area (Å²) < 4.78 is 0.828. The first-order valence-electron chi connectivity index (χ1n) is 6.39. The van der Waals surface area contributed by atoms with Crippen molar-refractivity contribution < 1.29 is 4.79 Å². The van der Waals surface area contributed by atoms with Crippen LogP contribution in [0.2, 0.25) is 10.0 Å². The second-order valence-corrected chi connectivity index (χ2v) is 6.37. The molecule has 0 radical (unpaired) electrons. The molecule has 3 rings (SSSR count). The van der Waals surface area contributed by atoms with Crippen molar-refractivity contribution in [3.8, 4) is 6.07 Å². The van der Waals surface area contributed by atoms with E-state index < -0.39 is 6.03 Å². The van der Waals surface area contributed by atoms with Crippen molar-refractivity contribution in [2.75, 3.05) is 10.6 Å². The van der Waals surface area contributed by atoms with Crippen molar-refractivity contribution in [2.45, 2.75) is 0 Å². The van der Waals surface area contributed by atoms with Crippen LogP contribution in [-0.4, -0.2) is 11.0 Å². The van der Waals surface area contributed by atoms with Gasteiger partial charge in [-0.1, -0.05) is 34.5 Å². The minimum atomic E-state index is -0.442. The molecule has 23 heavy (non-hydrogen) atoms. The van der Waals surface area contributed by atoms with Gasteiger partial charge in [0.2, 0.25) is 0 Å². The fourth-order valence-electron chi connectivity index (χ4n) is 1.88. The number of anilines is 2. The minimum absolute atomic E-state index is 0.355. The molecule has 0 aliphatic heterocycles. The highest BCUT2D eigenvalue weighted by atomic mass is 35.5. The number of fused-ring (bicyclic) bond motifs is 1. The predicted octanol–water partition coefficient (Wildman–Crippen LogP) is 5.12. The standard InChI is InChI=1S/C15H8Cl2N4OS/c16-10-3-2-9(6-11(10)17)19-14(22)21-15-20-12-4-1-8(7-18)5-13(12)23-15/h1-6H,(H2,19,20,21,22). The SMILES string of the molecule is N#Cc1ccc2nc(NC(=O)Nc3ccc(Cl)c(Cl)c3)sc2c1. The van der Waals surface area contributed by atoms with Crippen molar-refractivity contribution in [3.63, 3.8) is 0 Å². The third kappa shape index (κ3) is 3.54. The van der Waals surface area contributed by atoms with E-state index in [0.717, 1.165) is 10.2 Å². The summed E-state index contributed by atoms with van der Waals surface area (Å²) >= 11 is 13.0. The molecule has 0 bridgehead atoms. The van der Waals surface area contributed by atoms with E-state index in [1.54, 1.807) is 36.4 Å². The van der Waals surface area contributed by atoms with E-state index in [0.29, 0.717) is 26.4 Å². The molecule has 0 saturated heterocycles. The number of nitrogens with zero attached hydrogens (tertiary/aromatic N) is 2. The Morgan fingerprint density at radius 2 is 1.96 bits per heavy atom. The first-order valence-corrected chi connectivity index (χ1v) is 7.96. The van der Waals surface area contributed by atoms with Crippen LogP contribution >= 0.6 is 34.5 Å². The van der Waals surface area contributed by atoms with E-state index in [1.807, 2.05) is 0 Å². The molecule has 5 nitrogen and oxygen atoms in total. The highest BCUT2D eigenvalue weighted by Gasteiger charge is 2.09. The molecule has 0 aliphatic rings. The van der Waals surface area contributed by atoms with Crippen molar-refractivity contribution in [1.29, 1.82) is 5.26 Å². The largest absolute Gasteiger partial charge is 0.325 e. The fraction of sp³-hybridized carbons (Fsp3) is 0. The van der Waals surface area contributed by atoms with E-state index >= 15 is 0 Å². The number of halogens is 2. The van der Waals surface area contributed by atoms with Gasteiger partial charge in [-0.15, -0.1) is 0 Å². The van der Waals surface area contributed by atoms with Gasteiger partial charge in [-0.25, -0.2) is 9.78 Å². The molecular weight excluding hydrogens is 355 g/mol. The van der Waals surface area contributed by atoms with Crippen LogP contribution in [0.25, 0.3) is 10.2 Å². The van der Waals surface area contributed by atoms with Gasteiger partial charge in [0.25, 0.3) is 0 Å². The lowest BCUT2D eigenvalue weighted by molar-refractivity contribution is 0.262. The summed E-state index contributed by atoms with van der Waals surface area (Å²) in [4.78, 5) is 16.3. The van der Waals surface area contributed by atoms with E-state index in [2.05, 4.69) is 21.7 Å².